The summed E-state index contributed by atoms with van der Waals surface area (Å²) in [4.78, 5) is 4.35. The van der Waals surface area contributed by atoms with Crippen LogP contribution in [0.5, 0.6) is 0 Å². The quantitative estimate of drug-likeness (QED) is 0.647. The zero-order valence-electron chi connectivity index (χ0n) is 13.1. The van der Waals surface area contributed by atoms with Gasteiger partial charge in [0.15, 0.2) is 5.96 Å². The van der Waals surface area contributed by atoms with Gasteiger partial charge in [0.2, 0.25) is 0 Å². The Morgan fingerprint density at radius 3 is 2.86 bits per heavy atom. The van der Waals surface area contributed by atoms with Gasteiger partial charge in [-0.05, 0) is 24.3 Å². The number of guanidine groups is 1. The second-order valence-electron chi connectivity index (χ2n) is 6.11. The van der Waals surface area contributed by atoms with Crippen molar-refractivity contribution in [2.75, 3.05) is 19.7 Å². The monoisotopic (exact) mass is 289 g/mol. The van der Waals surface area contributed by atoms with Crippen molar-refractivity contribution in [2.45, 2.75) is 32.8 Å². The summed E-state index contributed by atoms with van der Waals surface area (Å²) in [5.74, 6) is 1.51. The lowest BCUT2D eigenvalue weighted by atomic mass is 9.89. The maximum absolute atomic E-state index is 5.99. The number of nitrogens with two attached hydrogens (primary N) is 1. The Morgan fingerprint density at radius 1 is 1.38 bits per heavy atom. The van der Waals surface area contributed by atoms with Crippen LogP contribution in [0.15, 0.2) is 35.3 Å². The molecule has 1 aromatic rings. The molecule has 0 bridgehead atoms. The van der Waals surface area contributed by atoms with Crippen LogP contribution in [0.1, 0.15) is 38.4 Å². The fourth-order valence-electron chi connectivity index (χ4n) is 2.64. The topological polar surface area (TPSA) is 59.6 Å². The van der Waals surface area contributed by atoms with Crippen molar-refractivity contribution in [2.24, 2.45) is 22.6 Å². The van der Waals surface area contributed by atoms with Gasteiger partial charge in [-0.15, -0.1) is 0 Å². The zero-order chi connectivity index (χ0) is 15.1. The Morgan fingerprint density at radius 2 is 2.14 bits per heavy atom. The maximum atomic E-state index is 5.99. The van der Waals surface area contributed by atoms with Gasteiger partial charge in [0.05, 0.1) is 6.10 Å². The van der Waals surface area contributed by atoms with Crippen LogP contribution in [0.2, 0.25) is 0 Å². The molecular formula is C17H27N3O. The smallest absolute Gasteiger partial charge is 0.188 e. The molecule has 0 saturated carbocycles. The summed E-state index contributed by atoms with van der Waals surface area (Å²) in [6.07, 6.45) is 2.42. The highest BCUT2D eigenvalue weighted by Gasteiger charge is 2.27. The Kier molecular flexibility index (Phi) is 6.05. The molecular weight excluding hydrogens is 262 g/mol. The van der Waals surface area contributed by atoms with Crippen molar-refractivity contribution in [3.63, 3.8) is 0 Å². The van der Waals surface area contributed by atoms with E-state index in [1.165, 1.54) is 5.56 Å². The van der Waals surface area contributed by atoms with Gasteiger partial charge in [-0.1, -0.05) is 44.2 Å². The second-order valence-corrected chi connectivity index (χ2v) is 6.11. The summed E-state index contributed by atoms with van der Waals surface area (Å²) in [6.45, 7) is 6.69. The Hall–Kier alpha value is -1.55. The minimum absolute atomic E-state index is 0.158. The average molecular weight is 289 g/mol. The molecule has 0 amide bonds. The fourth-order valence-corrected chi connectivity index (χ4v) is 2.64. The van der Waals surface area contributed by atoms with Gasteiger partial charge >= 0.3 is 0 Å². The molecule has 0 aliphatic carbocycles. The highest BCUT2D eigenvalue weighted by atomic mass is 16.5. The first kappa shape index (κ1) is 15.8. The van der Waals surface area contributed by atoms with Gasteiger partial charge in [-0.2, -0.15) is 0 Å². The van der Waals surface area contributed by atoms with Crippen LogP contribution in [-0.2, 0) is 4.74 Å². The molecule has 1 saturated heterocycles. The summed E-state index contributed by atoms with van der Waals surface area (Å²) in [5.41, 5.74) is 7.17. The largest absolute Gasteiger partial charge is 0.373 e. The van der Waals surface area contributed by atoms with Gasteiger partial charge < -0.3 is 15.8 Å². The van der Waals surface area contributed by atoms with Gasteiger partial charge in [-0.3, -0.25) is 4.99 Å². The van der Waals surface area contributed by atoms with Gasteiger partial charge in [-0.25, -0.2) is 0 Å². The molecule has 2 unspecified atom stereocenters. The standard InChI is InChI=1S/C17H27N3O/c1-13(2)11-19-17(18)20-12-15-9-6-10-21-16(15)14-7-4-3-5-8-14/h3-5,7-8,13,15-16H,6,9-12H2,1-2H3,(H3,18,19,20). The van der Waals surface area contributed by atoms with Gasteiger partial charge in [0.25, 0.3) is 0 Å². The Labute approximate surface area is 127 Å². The molecule has 116 valence electrons. The van der Waals surface area contributed by atoms with E-state index in [0.29, 0.717) is 17.8 Å². The molecule has 1 fully saturated rings. The van der Waals surface area contributed by atoms with E-state index in [1.54, 1.807) is 0 Å². The predicted molar refractivity (Wildman–Crippen MR) is 87.2 cm³/mol. The number of hydrogen-bond acceptors (Lipinski definition) is 2. The molecule has 2 rings (SSSR count). The molecule has 4 nitrogen and oxygen atoms in total. The summed E-state index contributed by atoms with van der Waals surface area (Å²) < 4.78 is 5.99. The number of aliphatic imine (C=N–C) groups is 1. The molecule has 0 radical (unpaired) electrons. The third-order valence-corrected chi connectivity index (χ3v) is 3.75. The third-order valence-electron chi connectivity index (χ3n) is 3.75. The van der Waals surface area contributed by atoms with E-state index >= 15 is 0 Å². The first-order valence-electron chi connectivity index (χ1n) is 7.87. The second kappa shape index (κ2) is 8.03. The minimum atomic E-state index is 0.158. The summed E-state index contributed by atoms with van der Waals surface area (Å²) in [6, 6.07) is 10.4. The summed E-state index contributed by atoms with van der Waals surface area (Å²) in [5, 5.41) is 3.26. The number of nitrogens with one attached hydrogen (secondary N) is 1. The average Bonchev–Trinajstić information content (AvgIpc) is 2.52. The number of nitrogens with zero attached hydrogens (tertiary/aromatic N) is 1. The van der Waals surface area contributed by atoms with E-state index < -0.39 is 0 Å². The highest BCUT2D eigenvalue weighted by Crippen LogP contribution is 2.32. The molecule has 1 aliphatic heterocycles. The van der Waals surface area contributed by atoms with Crippen molar-refractivity contribution in [1.82, 2.24) is 5.32 Å². The van der Waals surface area contributed by atoms with E-state index in [9.17, 15) is 0 Å². The highest BCUT2D eigenvalue weighted by molar-refractivity contribution is 5.77. The van der Waals surface area contributed by atoms with Crippen LogP contribution in [0, 0.1) is 11.8 Å². The first-order valence-corrected chi connectivity index (χ1v) is 7.87. The lowest BCUT2D eigenvalue weighted by Crippen LogP contribution is -2.39. The van der Waals surface area contributed by atoms with E-state index in [-0.39, 0.29) is 6.10 Å². The van der Waals surface area contributed by atoms with E-state index in [2.05, 4.69) is 48.4 Å². The van der Waals surface area contributed by atoms with Crippen LogP contribution < -0.4 is 11.1 Å². The molecule has 1 aliphatic rings. The molecule has 1 aromatic carbocycles. The van der Waals surface area contributed by atoms with Crippen molar-refractivity contribution in [3.05, 3.63) is 35.9 Å². The third kappa shape index (κ3) is 5.05. The zero-order valence-corrected chi connectivity index (χ0v) is 13.1. The van der Waals surface area contributed by atoms with Gasteiger partial charge in [0.1, 0.15) is 0 Å². The van der Waals surface area contributed by atoms with Crippen LogP contribution in [0.4, 0.5) is 0 Å². The van der Waals surface area contributed by atoms with Crippen molar-refractivity contribution >= 4 is 5.96 Å². The number of benzene rings is 1. The van der Waals surface area contributed by atoms with E-state index in [1.807, 2.05) is 6.07 Å². The Bertz CT molecular complexity index is 445. The number of hydrogen-bond donors (Lipinski definition) is 2. The Balaban J connectivity index is 1.92. The molecule has 2 atom stereocenters. The summed E-state index contributed by atoms with van der Waals surface area (Å²) in [7, 11) is 0. The van der Waals surface area contributed by atoms with Crippen LogP contribution in [0.25, 0.3) is 0 Å². The number of rotatable bonds is 5. The fraction of sp³-hybridized carbons (Fsp3) is 0.588. The van der Waals surface area contributed by atoms with E-state index in [4.69, 9.17) is 10.5 Å². The van der Waals surface area contributed by atoms with Crippen molar-refractivity contribution < 1.29 is 4.74 Å². The molecule has 1 heterocycles. The molecule has 21 heavy (non-hydrogen) atoms. The van der Waals surface area contributed by atoms with Crippen LogP contribution >= 0.6 is 0 Å². The van der Waals surface area contributed by atoms with Crippen LogP contribution in [0.3, 0.4) is 0 Å². The molecule has 0 aromatic heterocycles. The lowest BCUT2D eigenvalue weighted by Gasteiger charge is -2.32. The SMILES string of the molecule is CC(C)CN=C(N)NCC1CCCOC1c1ccccc1. The van der Waals surface area contributed by atoms with Crippen molar-refractivity contribution in [3.8, 4) is 0 Å². The normalized spacial score (nSPS) is 23.3. The number of ether oxygens (including phenoxy) is 1. The molecule has 3 N–H and O–H groups in total. The maximum Gasteiger partial charge on any atom is 0.188 e. The first-order chi connectivity index (χ1) is 10.2. The predicted octanol–water partition coefficient (Wildman–Crippen LogP) is 2.71. The minimum Gasteiger partial charge on any atom is -0.373 e. The van der Waals surface area contributed by atoms with Crippen LogP contribution in [-0.4, -0.2) is 25.7 Å². The summed E-state index contributed by atoms with van der Waals surface area (Å²) >= 11 is 0. The lowest BCUT2D eigenvalue weighted by molar-refractivity contribution is -0.0265. The molecule has 4 heteroatoms. The van der Waals surface area contributed by atoms with Gasteiger partial charge in [0, 0.05) is 25.6 Å². The molecule has 0 spiro atoms. The van der Waals surface area contributed by atoms with E-state index in [0.717, 1.165) is 32.5 Å². The van der Waals surface area contributed by atoms with Crippen molar-refractivity contribution in [1.29, 1.82) is 0 Å².